The number of phenols is 1. The number of non-ortho nitro benzene ring substituents is 1. The van der Waals surface area contributed by atoms with Crippen molar-refractivity contribution in [2.75, 3.05) is 11.9 Å². The second-order valence-electron chi connectivity index (χ2n) is 4.40. The average Bonchev–Trinajstić information content (AvgIpc) is 2.48. The number of nitrogens with zero attached hydrogens (tertiary/aromatic N) is 1. The SMILES string of the molecule is CCCCOC(=O)C(=O)Nc1cc([N+](=O)[O-])cc(C(=O)O)c1O. The molecule has 0 spiro atoms. The molecular weight excluding hydrogens is 312 g/mol. The lowest BCUT2D eigenvalue weighted by Crippen LogP contribution is -2.25. The molecule has 10 heteroatoms. The number of unbranched alkanes of at least 4 members (excludes halogenated alkanes) is 1. The summed E-state index contributed by atoms with van der Waals surface area (Å²) in [5, 5.41) is 31.3. The molecule has 0 atom stereocenters. The molecule has 1 aromatic rings. The van der Waals surface area contributed by atoms with Crippen LogP contribution in [0.15, 0.2) is 12.1 Å². The van der Waals surface area contributed by atoms with E-state index in [0.29, 0.717) is 12.5 Å². The molecule has 0 heterocycles. The van der Waals surface area contributed by atoms with Crippen LogP contribution in [0.25, 0.3) is 0 Å². The average molecular weight is 326 g/mol. The van der Waals surface area contributed by atoms with Crippen LogP contribution in [0, 0.1) is 10.1 Å². The lowest BCUT2D eigenvalue weighted by Gasteiger charge is -2.09. The first-order valence-electron chi connectivity index (χ1n) is 6.50. The van der Waals surface area contributed by atoms with Gasteiger partial charge in [-0.05, 0) is 6.42 Å². The third-order valence-corrected chi connectivity index (χ3v) is 2.70. The number of ether oxygens (including phenoxy) is 1. The number of nitrogens with one attached hydrogen (secondary N) is 1. The number of hydrogen-bond acceptors (Lipinski definition) is 7. The number of nitro groups is 1. The number of esters is 1. The first-order valence-corrected chi connectivity index (χ1v) is 6.50. The number of amides is 1. The Bertz CT molecular complexity index is 656. The van der Waals surface area contributed by atoms with Crippen LogP contribution in [0.1, 0.15) is 30.1 Å². The zero-order chi connectivity index (χ0) is 17.6. The summed E-state index contributed by atoms with van der Waals surface area (Å²) in [6.45, 7) is 1.87. The summed E-state index contributed by atoms with van der Waals surface area (Å²) >= 11 is 0. The third kappa shape index (κ3) is 4.66. The zero-order valence-corrected chi connectivity index (χ0v) is 12.1. The Labute approximate surface area is 129 Å². The minimum Gasteiger partial charge on any atom is -0.505 e. The van der Waals surface area contributed by atoms with E-state index in [1.807, 2.05) is 12.2 Å². The van der Waals surface area contributed by atoms with Gasteiger partial charge in [0.25, 0.3) is 5.69 Å². The highest BCUT2D eigenvalue weighted by atomic mass is 16.6. The molecule has 3 N–H and O–H groups in total. The zero-order valence-electron chi connectivity index (χ0n) is 12.1. The molecule has 0 saturated heterocycles. The quantitative estimate of drug-likeness (QED) is 0.176. The van der Waals surface area contributed by atoms with Gasteiger partial charge in [0, 0.05) is 12.1 Å². The summed E-state index contributed by atoms with van der Waals surface area (Å²) in [5.74, 6) is -5.07. The van der Waals surface area contributed by atoms with Gasteiger partial charge >= 0.3 is 17.8 Å². The van der Waals surface area contributed by atoms with Crippen LogP contribution in [-0.2, 0) is 14.3 Å². The van der Waals surface area contributed by atoms with Crippen LogP contribution in [0.4, 0.5) is 11.4 Å². The summed E-state index contributed by atoms with van der Waals surface area (Å²) in [5.41, 5.74) is -2.03. The van der Waals surface area contributed by atoms with Crippen molar-refractivity contribution < 1.29 is 34.3 Å². The Morgan fingerprint density at radius 1 is 1.35 bits per heavy atom. The summed E-state index contributed by atoms with van der Waals surface area (Å²) < 4.78 is 4.63. The minimum absolute atomic E-state index is 0.0179. The van der Waals surface area contributed by atoms with Gasteiger partial charge in [0.15, 0.2) is 5.75 Å². The summed E-state index contributed by atoms with van der Waals surface area (Å²) in [7, 11) is 0. The summed E-state index contributed by atoms with van der Waals surface area (Å²) in [4.78, 5) is 43.8. The Balaban J connectivity index is 3.03. The molecular formula is C13H14N2O8. The second kappa shape index (κ2) is 7.73. The maximum atomic E-state index is 11.6. The number of anilines is 1. The van der Waals surface area contributed by atoms with Gasteiger partial charge in [0.1, 0.15) is 5.56 Å². The van der Waals surface area contributed by atoms with Crippen molar-refractivity contribution in [3.05, 3.63) is 27.8 Å². The maximum absolute atomic E-state index is 11.6. The number of nitro benzene ring substituents is 1. The van der Waals surface area contributed by atoms with Crippen LogP contribution in [0.5, 0.6) is 5.75 Å². The van der Waals surface area contributed by atoms with Crippen LogP contribution in [-0.4, -0.2) is 39.6 Å². The second-order valence-corrected chi connectivity index (χ2v) is 4.40. The molecule has 1 rings (SSSR count). The van der Waals surface area contributed by atoms with Gasteiger partial charge in [0.05, 0.1) is 17.2 Å². The third-order valence-electron chi connectivity index (χ3n) is 2.70. The molecule has 1 amide bonds. The van der Waals surface area contributed by atoms with E-state index in [-0.39, 0.29) is 6.61 Å². The number of rotatable bonds is 6. The molecule has 23 heavy (non-hydrogen) atoms. The predicted molar refractivity (Wildman–Crippen MR) is 76.2 cm³/mol. The van der Waals surface area contributed by atoms with Gasteiger partial charge in [-0.2, -0.15) is 0 Å². The minimum atomic E-state index is -1.63. The van der Waals surface area contributed by atoms with Crippen LogP contribution >= 0.6 is 0 Å². The number of carboxylic acid groups (broad SMARTS) is 1. The molecule has 1 aromatic carbocycles. The summed E-state index contributed by atoms with van der Waals surface area (Å²) in [6, 6.07) is 1.37. The highest BCUT2D eigenvalue weighted by Crippen LogP contribution is 2.32. The molecule has 0 aliphatic heterocycles. The van der Waals surface area contributed by atoms with E-state index >= 15 is 0 Å². The fraction of sp³-hybridized carbons (Fsp3) is 0.308. The van der Waals surface area contributed by atoms with E-state index in [2.05, 4.69) is 4.74 Å². The number of carbonyl (C=O) groups excluding carboxylic acids is 2. The number of carboxylic acids is 1. The molecule has 124 valence electrons. The Kier molecular flexibility index (Phi) is 6.01. The molecule has 0 fully saturated rings. The number of benzene rings is 1. The lowest BCUT2D eigenvalue weighted by molar-refractivity contribution is -0.384. The number of hydrogen-bond donors (Lipinski definition) is 3. The van der Waals surface area contributed by atoms with Crippen molar-refractivity contribution in [1.29, 1.82) is 0 Å². The molecule has 0 aromatic heterocycles. The van der Waals surface area contributed by atoms with E-state index in [0.717, 1.165) is 12.5 Å². The highest BCUT2D eigenvalue weighted by molar-refractivity contribution is 6.37. The van der Waals surface area contributed by atoms with Crippen molar-refractivity contribution in [2.45, 2.75) is 19.8 Å². The number of aromatic carboxylic acids is 1. The molecule has 0 aliphatic rings. The fourth-order valence-corrected chi connectivity index (χ4v) is 1.53. The van der Waals surface area contributed by atoms with Gasteiger partial charge in [-0.25, -0.2) is 9.59 Å². The number of carbonyl (C=O) groups is 3. The Morgan fingerprint density at radius 3 is 2.52 bits per heavy atom. The number of aromatic hydroxyl groups is 1. The van der Waals surface area contributed by atoms with Crippen molar-refractivity contribution in [1.82, 2.24) is 0 Å². The highest BCUT2D eigenvalue weighted by Gasteiger charge is 2.24. The fourth-order valence-electron chi connectivity index (χ4n) is 1.53. The van der Waals surface area contributed by atoms with Gasteiger partial charge in [-0.3, -0.25) is 14.9 Å². The summed E-state index contributed by atoms with van der Waals surface area (Å²) in [6.07, 6.45) is 1.28. The molecule has 0 unspecified atom stereocenters. The smallest absolute Gasteiger partial charge is 0.397 e. The Hall–Kier alpha value is -3.17. The van der Waals surface area contributed by atoms with Crippen molar-refractivity contribution in [3.8, 4) is 5.75 Å². The Morgan fingerprint density at radius 2 is 2.00 bits per heavy atom. The molecule has 0 bridgehead atoms. The normalized spacial score (nSPS) is 9.96. The van der Waals surface area contributed by atoms with Crippen molar-refractivity contribution >= 4 is 29.2 Å². The lowest BCUT2D eigenvalue weighted by atomic mass is 10.1. The van der Waals surface area contributed by atoms with E-state index < -0.39 is 45.5 Å². The molecule has 0 aliphatic carbocycles. The standard InChI is InChI=1S/C13H14N2O8/c1-2-3-4-23-13(20)11(17)14-9-6-7(15(21)22)5-8(10(9)16)12(18)19/h5-6,16H,2-4H2,1H3,(H,14,17)(H,18,19). The monoisotopic (exact) mass is 326 g/mol. The van der Waals surface area contributed by atoms with Crippen LogP contribution in [0.3, 0.4) is 0 Å². The molecule has 0 saturated carbocycles. The van der Waals surface area contributed by atoms with Crippen molar-refractivity contribution in [2.24, 2.45) is 0 Å². The van der Waals surface area contributed by atoms with Gasteiger partial charge in [0.2, 0.25) is 0 Å². The van der Waals surface area contributed by atoms with E-state index in [9.17, 15) is 29.6 Å². The largest absolute Gasteiger partial charge is 0.505 e. The predicted octanol–water partition coefficient (Wildman–Crippen LogP) is 1.28. The van der Waals surface area contributed by atoms with Gasteiger partial charge < -0.3 is 20.3 Å². The molecule has 0 radical (unpaired) electrons. The van der Waals surface area contributed by atoms with E-state index in [1.165, 1.54) is 0 Å². The molecule has 10 nitrogen and oxygen atoms in total. The van der Waals surface area contributed by atoms with E-state index in [1.54, 1.807) is 0 Å². The van der Waals surface area contributed by atoms with Crippen LogP contribution < -0.4 is 5.32 Å². The maximum Gasteiger partial charge on any atom is 0.397 e. The first-order chi connectivity index (χ1) is 10.8. The van der Waals surface area contributed by atoms with Crippen LogP contribution in [0.2, 0.25) is 0 Å². The van der Waals surface area contributed by atoms with Crippen molar-refractivity contribution in [3.63, 3.8) is 0 Å². The van der Waals surface area contributed by atoms with Gasteiger partial charge in [-0.15, -0.1) is 0 Å². The van der Waals surface area contributed by atoms with E-state index in [4.69, 9.17) is 5.11 Å². The van der Waals surface area contributed by atoms with Gasteiger partial charge in [-0.1, -0.05) is 13.3 Å². The topological polar surface area (TPSA) is 156 Å². The first kappa shape index (κ1) is 17.9.